The molecule has 2 aliphatic heterocycles. The Balaban J connectivity index is 1.93. The zero-order valence-electron chi connectivity index (χ0n) is 8.11. The van der Waals surface area contributed by atoms with Gasteiger partial charge in [-0.25, -0.2) is 4.79 Å². The molecule has 0 bridgehead atoms. The Morgan fingerprint density at radius 3 is 3.00 bits per heavy atom. The minimum absolute atomic E-state index is 0.0883. The van der Waals surface area contributed by atoms with Gasteiger partial charge in [-0.2, -0.15) is 0 Å². The van der Waals surface area contributed by atoms with Crippen LogP contribution in [0.1, 0.15) is 19.3 Å². The first kappa shape index (κ1) is 9.73. The Bertz CT molecular complexity index is 216. The average molecular weight is 200 g/mol. The van der Waals surface area contributed by atoms with E-state index < -0.39 is 0 Å². The summed E-state index contributed by atoms with van der Waals surface area (Å²) in [6.45, 7) is 1.38. The zero-order chi connectivity index (χ0) is 9.97. The number of nitrogens with zero attached hydrogens (tertiary/aromatic N) is 1. The molecule has 2 atom stereocenters. The molecule has 0 saturated carbocycles. The summed E-state index contributed by atoms with van der Waals surface area (Å²) < 4.78 is 4.97. The lowest BCUT2D eigenvalue weighted by atomic mass is 10.1. The molecule has 2 saturated heterocycles. The van der Waals surface area contributed by atoms with E-state index in [4.69, 9.17) is 9.84 Å². The van der Waals surface area contributed by atoms with Crippen molar-refractivity contribution in [1.29, 1.82) is 0 Å². The molecule has 0 aromatic carbocycles. The van der Waals surface area contributed by atoms with Gasteiger partial charge in [0.15, 0.2) is 0 Å². The number of carbonyl (C=O) groups is 1. The number of piperidine rings is 1. The summed E-state index contributed by atoms with van der Waals surface area (Å²) in [7, 11) is 0. The Morgan fingerprint density at radius 1 is 1.57 bits per heavy atom. The maximum absolute atomic E-state index is 11.4. The Kier molecular flexibility index (Phi) is 2.88. The highest BCUT2D eigenvalue weighted by molar-refractivity contribution is 5.70. The molecule has 0 aromatic heterocycles. The van der Waals surface area contributed by atoms with Crippen molar-refractivity contribution in [2.75, 3.05) is 19.7 Å². The van der Waals surface area contributed by atoms with Crippen molar-refractivity contribution in [3.05, 3.63) is 0 Å². The number of aliphatic hydroxyl groups is 1. The molecular formula is C9H16N2O3. The van der Waals surface area contributed by atoms with E-state index in [2.05, 4.69) is 5.32 Å². The predicted octanol–water partition coefficient (Wildman–Crippen LogP) is -0.101. The highest BCUT2D eigenvalue weighted by Crippen LogP contribution is 2.18. The van der Waals surface area contributed by atoms with Gasteiger partial charge in [-0.05, 0) is 25.8 Å². The van der Waals surface area contributed by atoms with Crippen LogP contribution in [0.15, 0.2) is 0 Å². The summed E-state index contributed by atoms with van der Waals surface area (Å²) in [5.74, 6) is 0. The van der Waals surface area contributed by atoms with Crippen LogP contribution in [0.3, 0.4) is 0 Å². The molecule has 2 heterocycles. The summed E-state index contributed by atoms with van der Waals surface area (Å²) in [6.07, 6.45) is 2.75. The van der Waals surface area contributed by atoms with Crippen LogP contribution < -0.4 is 5.32 Å². The number of amides is 1. The van der Waals surface area contributed by atoms with Gasteiger partial charge in [0.05, 0.1) is 19.3 Å². The largest absolute Gasteiger partial charge is 0.442 e. The van der Waals surface area contributed by atoms with Crippen LogP contribution in [0.2, 0.25) is 0 Å². The molecule has 0 radical (unpaired) electrons. The summed E-state index contributed by atoms with van der Waals surface area (Å²) in [4.78, 5) is 13.1. The third-order valence-electron chi connectivity index (χ3n) is 2.77. The third-order valence-corrected chi connectivity index (χ3v) is 2.77. The van der Waals surface area contributed by atoms with Gasteiger partial charge in [0, 0.05) is 0 Å². The molecular weight excluding hydrogens is 184 g/mol. The molecule has 2 aliphatic rings. The monoisotopic (exact) mass is 200 g/mol. The van der Waals surface area contributed by atoms with Crippen LogP contribution in [-0.2, 0) is 4.74 Å². The third kappa shape index (κ3) is 1.83. The molecule has 0 aliphatic carbocycles. The first-order valence-corrected chi connectivity index (χ1v) is 5.13. The number of hydrogen-bond donors (Lipinski definition) is 2. The fourth-order valence-electron chi connectivity index (χ4n) is 1.99. The lowest BCUT2D eigenvalue weighted by Gasteiger charge is -2.30. The topological polar surface area (TPSA) is 61.8 Å². The minimum Gasteiger partial charge on any atom is -0.442 e. The highest BCUT2D eigenvalue weighted by atomic mass is 16.6. The van der Waals surface area contributed by atoms with Crippen LogP contribution in [-0.4, -0.2) is 48.1 Å². The predicted molar refractivity (Wildman–Crippen MR) is 49.7 cm³/mol. The van der Waals surface area contributed by atoms with E-state index in [1.807, 2.05) is 0 Å². The van der Waals surface area contributed by atoms with Crippen molar-refractivity contribution in [1.82, 2.24) is 10.2 Å². The Hall–Kier alpha value is -0.810. The summed E-state index contributed by atoms with van der Waals surface area (Å²) in [5.41, 5.74) is 0. The minimum atomic E-state index is -0.341. The smallest absolute Gasteiger partial charge is 0.411 e. The first-order valence-electron chi connectivity index (χ1n) is 5.13. The van der Waals surface area contributed by atoms with E-state index >= 15 is 0 Å². The second kappa shape index (κ2) is 4.14. The Labute approximate surface area is 83.0 Å². The lowest BCUT2D eigenvalue weighted by molar-refractivity contribution is 0.0929. The quantitative estimate of drug-likeness (QED) is 0.653. The van der Waals surface area contributed by atoms with Gasteiger partial charge in [0.2, 0.25) is 0 Å². The molecule has 5 nitrogen and oxygen atoms in total. The van der Waals surface area contributed by atoms with E-state index in [0.29, 0.717) is 6.54 Å². The standard InChI is InChI=1S/C9H16N2O3/c12-6-7-5-11(9(13)14-7)8-3-1-2-4-10-8/h7-8,10,12H,1-6H2/t7-,8?/m1/s1. The van der Waals surface area contributed by atoms with Gasteiger partial charge in [0.25, 0.3) is 0 Å². The van der Waals surface area contributed by atoms with Gasteiger partial charge in [0.1, 0.15) is 6.10 Å². The molecule has 0 spiro atoms. The van der Waals surface area contributed by atoms with Crippen molar-refractivity contribution >= 4 is 6.09 Å². The van der Waals surface area contributed by atoms with Gasteiger partial charge in [-0.15, -0.1) is 0 Å². The van der Waals surface area contributed by atoms with Crippen molar-refractivity contribution in [2.24, 2.45) is 0 Å². The number of aliphatic hydroxyl groups excluding tert-OH is 1. The van der Waals surface area contributed by atoms with Gasteiger partial charge in [-0.3, -0.25) is 10.2 Å². The number of ether oxygens (including phenoxy) is 1. The van der Waals surface area contributed by atoms with Crippen molar-refractivity contribution < 1.29 is 14.6 Å². The molecule has 2 N–H and O–H groups in total. The number of rotatable bonds is 2. The molecule has 2 rings (SSSR count). The fraction of sp³-hybridized carbons (Fsp3) is 0.889. The van der Waals surface area contributed by atoms with Crippen LogP contribution in [0.25, 0.3) is 0 Å². The second-order valence-corrected chi connectivity index (χ2v) is 3.81. The number of cyclic esters (lactones) is 1. The first-order chi connectivity index (χ1) is 6.81. The van der Waals surface area contributed by atoms with Crippen LogP contribution >= 0.6 is 0 Å². The van der Waals surface area contributed by atoms with E-state index in [0.717, 1.165) is 19.4 Å². The summed E-state index contributed by atoms with van der Waals surface area (Å²) in [5, 5.41) is 12.2. The molecule has 5 heteroatoms. The average Bonchev–Trinajstić information content (AvgIpc) is 2.61. The molecule has 14 heavy (non-hydrogen) atoms. The molecule has 2 fully saturated rings. The van der Waals surface area contributed by atoms with Crippen molar-refractivity contribution in [2.45, 2.75) is 31.5 Å². The van der Waals surface area contributed by atoms with Gasteiger partial charge < -0.3 is 9.84 Å². The molecule has 80 valence electrons. The highest BCUT2D eigenvalue weighted by Gasteiger charge is 2.35. The summed E-state index contributed by atoms with van der Waals surface area (Å²) >= 11 is 0. The van der Waals surface area contributed by atoms with Gasteiger partial charge in [-0.1, -0.05) is 0 Å². The molecule has 1 unspecified atom stereocenters. The number of nitrogens with one attached hydrogen (secondary N) is 1. The van der Waals surface area contributed by atoms with Crippen LogP contribution in [0.4, 0.5) is 4.79 Å². The number of hydrogen-bond acceptors (Lipinski definition) is 4. The maximum Gasteiger partial charge on any atom is 0.411 e. The van der Waals surface area contributed by atoms with E-state index in [-0.39, 0.29) is 25.0 Å². The van der Waals surface area contributed by atoms with Crippen molar-refractivity contribution in [3.8, 4) is 0 Å². The van der Waals surface area contributed by atoms with Gasteiger partial charge >= 0.3 is 6.09 Å². The van der Waals surface area contributed by atoms with Crippen molar-refractivity contribution in [3.63, 3.8) is 0 Å². The normalized spacial score (nSPS) is 33.2. The Morgan fingerprint density at radius 2 is 2.43 bits per heavy atom. The molecule has 1 amide bonds. The van der Waals surface area contributed by atoms with Crippen LogP contribution in [0.5, 0.6) is 0 Å². The van der Waals surface area contributed by atoms with E-state index in [1.54, 1.807) is 4.90 Å². The summed E-state index contributed by atoms with van der Waals surface area (Å²) in [6, 6.07) is 0. The lowest BCUT2D eigenvalue weighted by Crippen LogP contribution is -2.48. The van der Waals surface area contributed by atoms with E-state index in [9.17, 15) is 4.79 Å². The zero-order valence-corrected chi connectivity index (χ0v) is 8.11. The fourth-order valence-corrected chi connectivity index (χ4v) is 1.99. The van der Waals surface area contributed by atoms with Crippen LogP contribution in [0, 0.1) is 0 Å². The maximum atomic E-state index is 11.4. The second-order valence-electron chi connectivity index (χ2n) is 3.81. The number of carbonyl (C=O) groups excluding carboxylic acids is 1. The molecule has 0 aromatic rings. The van der Waals surface area contributed by atoms with E-state index in [1.165, 1.54) is 6.42 Å². The SMILES string of the molecule is O=C1O[C@@H](CO)CN1C1CCCCN1.